The number of rotatable bonds is 19. The third-order valence-corrected chi connectivity index (χ3v) is 7.25. The number of nitrogens with zero attached hydrogens (tertiary/aromatic N) is 1. The van der Waals surface area contributed by atoms with Crippen LogP contribution in [0.25, 0.3) is 0 Å². The molecule has 0 saturated heterocycles. The van der Waals surface area contributed by atoms with Crippen LogP contribution in [0.1, 0.15) is 98.2 Å². The number of hydrogen-bond donors (Lipinski definition) is 0. The number of esters is 2. The normalized spacial score (nSPS) is 10.5. The summed E-state index contributed by atoms with van der Waals surface area (Å²) >= 11 is 0. The maximum Gasteiger partial charge on any atom is 0.343 e. The van der Waals surface area contributed by atoms with Gasteiger partial charge in [-0.05, 0) is 60.7 Å². The predicted molar refractivity (Wildman–Crippen MR) is 170 cm³/mol. The van der Waals surface area contributed by atoms with Crippen LogP contribution in [0.3, 0.4) is 0 Å². The topological polar surface area (TPSA) is 85.6 Å². The van der Waals surface area contributed by atoms with Gasteiger partial charge in [0, 0.05) is 6.08 Å². The van der Waals surface area contributed by atoms with E-state index in [4.69, 9.17) is 19.5 Å². The van der Waals surface area contributed by atoms with E-state index in [0.29, 0.717) is 30.6 Å². The van der Waals surface area contributed by atoms with Gasteiger partial charge in [0.2, 0.25) is 5.75 Å². The highest BCUT2D eigenvalue weighted by molar-refractivity contribution is 5.92. The summed E-state index contributed by atoms with van der Waals surface area (Å²) in [7, 11) is 0. The first-order valence-corrected chi connectivity index (χ1v) is 15.4. The Morgan fingerprint density at radius 3 is 2.05 bits per heavy atom. The van der Waals surface area contributed by atoms with Crippen molar-refractivity contribution in [2.75, 3.05) is 6.61 Å². The van der Waals surface area contributed by atoms with Crippen molar-refractivity contribution in [2.45, 2.75) is 84.0 Å². The van der Waals surface area contributed by atoms with E-state index in [-0.39, 0.29) is 17.2 Å². The van der Waals surface area contributed by atoms with Crippen LogP contribution in [0.2, 0.25) is 0 Å². The molecule has 6 nitrogen and oxygen atoms in total. The zero-order valence-corrected chi connectivity index (χ0v) is 25.3. The monoisotopic (exact) mass is 581 g/mol. The van der Waals surface area contributed by atoms with Crippen LogP contribution in [0, 0.1) is 11.3 Å². The Morgan fingerprint density at radius 1 is 0.767 bits per heavy atom. The lowest BCUT2D eigenvalue weighted by Gasteiger charge is -2.19. The van der Waals surface area contributed by atoms with Crippen LogP contribution in [-0.2, 0) is 17.6 Å². The van der Waals surface area contributed by atoms with Crippen molar-refractivity contribution < 1.29 is 23.8 Å². The molecule has 3 rings (SSSR count). The second-order valence-electron chi connectivity index (χ2n) is 10.6. The highest BCUT2D eigenvalue weighted by Crippen LogP contribution is 2.42. The van der Waals surface area contributed by atoms with Gasteiger partial charge in [0.25, 0.3) is 0 Å². The molecule has 3 aromatic carbocycles. The minimum Gasteiger partial charge on any atom is -0.486 e. The van der Waals surface area contributed by atoms with Crippen molar-refractivity contribution in [3.63, 3.8) is 0 Å². The van der Waals surface area contributed by atoms with Crippen molar-refractivity contribution in [1.29, 1.82) is 5.26 Å². The summed E-state index contributed by atoms with van der Waals surface area (Å²) in [5.41, 5.74) is 2.77. The molecule has 226 valence electrons. The molecule has 0 spiro atoms. The first-order chi connectivity index (χ1) is 21.0. The van der Waals surface area contributed by atoms with Gasteiger partial charge in [-0.1, -0.05) is 108 Å². The minimum absolute atomic E-state index is 0.176. The zero-order valence-electron chi connectivity index (χ0n) is 25.3. The van der Waals surface area contributed by atoms with E-state index < -0.39 is 11.9 Å². The first-order valence-electron chi connectivity index (χ1n) is 15.4. The number of carbonyl (C=O) groups is 2. The van der Waals surface area contributed by atoms with Gasteiger partial charge in [0.15, 0.2) is 11.5 Å². The van der Waals surface area contributed by atoms with Crippen molar-refractivity contribution in [1.82, 2.24) is 0 Å². The highest BCUT2D eigenvalue weighted by atomic mass is 16.6. The Morgan fingerprint density at radius 2 is 1.42 bits per heavy atom. The fraction of sp³-hybridized carbons (Fsp3) is 0.378. The summed E-state index contributed by atoms with van der Waals surface area (Å²) in [6.45, 7) is 6.13. The van der Waals surface area contributed by atoms with Crippen molar-refractivity contribution >= 4 is 11.9 Å². The van der Waals surface area contributed by atoms with Gasteiger partial charge in [-0.25, -0.2) is 9.59 Å². The lowest BCUT2D eigenvalue weighted by atomic mass is 10.0. The average Bonchev–Trinajstić information content (AvgIpc) is 3.04. The first kappa shape index (κ1) is 33.1. The number of unbranched alkanes of at least 4 members (excludes halogenated alkanes) is 9. The number of carbonyl (C=O) groups excluding carboxylic acids is 2. The summed E-state index contributed by atoms with van der Waals surface area (Å²) in [4.78, 5) is 25.3. The van der Waals surface area contributed by atoms with Crippen molar-refractivity contribution in [3.05, 3.63) is 102 Å². The molecular weight excluding hydrogens is 538 g/mol. The van der Waals surface area contributed by atoms with Crippen LogP contribution in [-0.4, -0.2) is 18.5 Å². The van der Waals surface area contributed by atoms with Gasteiger partial charge in [0.05, 0.1) is 23.8 Å². The van der Waals surface area contributed by atoms with E-state index in [2.05, 4.69) is 19.6 Å². The van der Waals surface area contributed by atoms with Gasteiger partial charge < -0.3 is 14.2 Å². The summed E-state index contributed by atoms with van der Waals surface area (Å²) in [6.07, 6.45) is 14.2. The Hall–Kier alpha value is -4.37. The fourth-order valence-corrected chi connectivity index (χ4v) is 4.78. The molecule has 0 fully saturated rings. The predicted octanol–water partition coefficient (Wildman–Crippen LogP) is 8.95. The molecule has 0 bridgehead atoms. The van der Waals surface area contributed by atoms with Gasteiger partial charge in [-0.2, -0.15) is 5.26 Å². The highest BCUT2D eigenvalue weighted by Gasteiger charge is 2.22. The third kappa shape index (κ3) is 11.4. The molecule has 0 heterocycles. The molecule has 0 unspecified atom stereocenters. The van der Waals surface area contributed by atoms with Crippen molar-refractivity contribution in [2.24, 2.45) is 0 Å². The van der Waals surface area contributed by atoms with Crippen molar-refractivity contribution in [3.8, 4) is 23.3 Å². The second-order valence-corrected chi connectivity index (χ2v) is 10.6. The van der Waals surface area contributed by atoms with Gasteiger partial charge in [-0.15, -0.1) is 0 Å². The van der Waals surface area contributed by atoms with E-state index in [9.17, 15) is 9.59 Å². The average molecular weight is 582 g/mol. The van der Waals surface area contributed by atoms with Gasteiger partial charge >= 0.3 is 11.9 Å². The second kappa shape index (κ2) is 18.9. The molecule has 0 N–H and O–H groups in total. The quantitative estimate of drug-likeness (QED) is 0.0608. The number of benzene rings is 3. The standard InChI is InChI=1S/C37H43NO5/c1-3-5-6-7-8-9-10-11-12-16-27-41-36-33(42-34(39)4-2)26-25-31(24-23-29-19-21-30(28-38)22-20-29)35(36)43-37(40)32-17-14-13-15-18-32/h4,13-15,17-22,25-26H,2-3,5-12,16,23-24,27H2,1H3. The number of hydrogen-bond acceptors (Lipinski definition) is 6. The Kier molecular flexibility index (Phi) is 14.6. The Bertz CT molecular complexity index is 1340. The van der Waals surface area contributed by atoms with Crippen LogP contribution in [0.5, 0.6) is 17.2 Å². The number of aryl methyl sites for hydroxylation is 2. The fourth-order valence-electron chi connectivity index (χ4n) is 4.78. The molecule has 0 amide bonds. The number of nitriles is 1. The molecule has 0 radical (unpaired) electrons. The molecule has 0 aliphatic rings. The molecule has 0 aliphatic carbocycles. The van der Waals surface area contributed by atoms with Crippen LogP contribution < -0.4 is 14.2 Å². The lowest BCUT2D eigenvalue weighted by Crippen LogP contribution is -2.13. The van der Waals surface area contributed by atoms with Crippen LogP contribution in [0.4, 0.5) is 0 Å². The van der Waals surface area contributed by atoms with Gasteiger partial charge in [0.1, 0.15) is 0 Å². The van der Waals surface area contributed by atoms with Gasteiger partial charge in [-0.3, -0.25) is 0 Å². The Balaban J connectivity index is 1.76. The maximum absolute atomic E-state index is 13.2. The molecule has 43 heavy (non-hydrogen) atoms. The van der Waals surface area contributed by atoms with E-state index in [1.807, 2.05) is 18.2 Å². The van der Waals surface area contributed by atoms with E-state index in [1.165, 1.54) is 44.9 Å². The molecule has 3 aromatic rings. The maximum atomic E-state index is 13.2. The molecule has 0 saturated carbocycles. The smallest absolute Gasteiger partial charge is 0.343 e. The van der Waals surface area contributed by atoms with E-state index in [0.717, 1.165) is 36.5 Å². The SMILES string of the molecule is C=CC(=O)Oc1ccc(CCc2ccc(C#N)cc2)c(OC(=O)c2ccccc2)c1OCCCCCCCCCCCC. The summed E-state index contributed by atoms with van der Waals surface area (Å²) in [6, 6.07) is 21.7. The summed E-state index contributed by atoms with van der Waals surface area (Å²) in [5.74, 6) is -0.516. The van der Waals surface area contributed by atoms with E-state index in [1.54, 1.807) is 48.5 Å². The van der Waals surface area contributed by atoms with E-state index >= 15 is 0 Å². The molecule has 0 atom stereocenters. The molecular formula is C37H43NO5. The van der Waals surface area contributed by atoms with Crippen LogP contribution in [0.15, 0.2) is 79.4 Å². The number of ether oxygens (including phenoxy) is 3. The molecule has 6 heteroatoms. The zero-order chi connectivity index (χ0) is 30.7. The Labute approximate surface area is 256 Å². The summed E-state index contributed by atoms with van der Waals surface area (Å²) < 4.78 is 17.7. The minimum atomic E-state index is -0.630. The summed E-state index contributed by atoms with van der Waals surface area (Å²) in [5, 5.41) is 9.11. The lowest BCUT2D eigenvalue weighted by molar-refractivity contribution is -0.129. The molecule has 0 aliphatic heterocycles. The third-order valence-electron chi connectivity index (χ3n) is 7.25. The largest absolute Gasteiger partial charge is 0.486 e. The molecule has 0 aromatic heterocycles. The van der Waals surface area contributed by atoms with Crippen LogP contribution >= 0.6 is 0 Å².